The van der Waals surface area contributed by atoms with E-state index in [0.717, 1.165) is 19.3 Å². The fourth-order valence-corrected chi connectivity index (χ4v) is 3.46. The second-order valence-corrected chi connectivity index (χ2v) is 7.35. The smallest absolute Gasteiger partial charge is 0.310 e. The third-order valence-electron chi connectivity index (χ3n) is 5.19. The second kappa shape index (κ2) is 12.6. The summed E-state index contributed by atoms with van der Waals surface area (Å²) in [6.07, 6.45) is 13.1. The van der Waals surface area contributed by atoms with Crippen LogP contribution in [-0.4, -0.2) is 39.3 Å². The molecule has 3 N–H and O–H groups in total. The molecule has 1 saturated carbocycles. The SMILES string of the molecule is C=CC(CCC=CC[C@H]1C(=O)CC(O)[C@@H]1C=CCC(O)CCCC)C(=O)O. The summed E-state index contributed by atoms with van der Waals surface area (Å²) in [4.78, 5) is 23.1. The number of carboxylic acid groups (broad SMARTS) is 1. The number of aliphatic hydroxyl groups excluding tert-OH is 2. The summed E-state index contributed by atoms with van der Waals surface area (Å²) in [7, 11) is 0. The first-order valence-electron chi connectivity index (χ1n) is 9.96. The van der Waals surface area contributed by atoms with Crippen molar-refractivity contribution >= 4 is 11.8 Å². The first-order valence-corrected chi connectivity index (χ1v) is 9.96. The number of ketones is 1. The molecule has 27 heavy (non-hydrogen) atoms. The molecule has 0 heterocycles. The lowest BCUT2D eigenvalue weighted by molar-refractivity contribution is -0.140. The number of unbranched alkanes of at least 4 members (excludes halogenated alkanes) is 1. The minimum absolute atomic E-state index is 0.0582. The summed E-state index contributed by atoms with van der Waals surface area (Å²) in [6.45, 7) is 5.61. The van der Waals surface area contributed by atoms with Gasteiger partial charge in [0.15, 0.2) is 0 Å². The topological polar surface area (TPSA) is 94.8 Å². The van der Waals surface area contributed by atoms with Crippen LogP contribution in [0.4, 0.5) is 0 Å². The average molecular weight is 379 g/mol. The van der Waals surface area contributed by atoms with Crippen molar-refractivity contribution in [3.63, 3.8) is 0 Å². The van der Waals surface area contributed by atoms with E-state index in [1.807, 2.05) is 24.3 Å². The fourth-order valence-electron chi connectivity index (χ4n) is 3.46. The van der Waals surface area contributed by atoms with Gasteiger partial charge in [-0.2, -0.15) is 0 Å². The second-order valence-electron chi connectivity index (χ2n) is 7.35. The molecule has 0 amide bonds. The molecule has 152 valence electrons. The van der Waals surface area contributed by atoms with Gasteiger partial charge in [0.1, 0.15) is 5.78 Å². The highest BCUT2D eigenvalue weighted by Crippen LogP contribution is 2.33. The molecule has 0 radical (unpaired) electrons. The predicted octanol–water partition coefficient (Wildman–Crippen LogP) is 3.66. The largest absolute Gasteiger partial charge is 0.481 e. The number of carbonyl (C=O) groups excluding carboxylic acids is 1. The molecule has 0 aromatic carbocycles. The minimum atomic E-state index is -0.876. The quantitative estimate of drug-likeness (QED) is 0.425. The Bertz CT molecular complexity index is 537. The molecule has 0 spiro atoms. The van der Waals surface area contributed by atoms with Gasteiger partial charge in [0.25, 0.3) is 0 Å². The number of hydrogen-bond donors (Lipinski definition) is 3. The zero-order valence-corrected chi connectivity index (χ0v) is 16.3. The van der Waals surface area contributed by atoms with Crippen molar-refractivity contribution in [2.24, 2.45) is 17.8 Å². The molecule has 0 aromatic rings. The van der Waals surface area contributed by atoms with Crippen LogP contribution in [0, 0.1) is 17.8 Å². The monoisotopic (exact) mass is 378 g/mol. The first kappa shape index (κ1) is 23.3. The lowest BCUT2D eigenvalue weighted by atomic mass is 9.90. The Morgan fingerprint density at radius 1 is 1.30 bits per heavy atom. The van der Waals surface area contributed by atoms with E-state index in [1.54, 1.807) is 0 Å². The Kier molecular flexibility index (Phi) is 10.9. The van der Waals surface area contributed by atoms with Crippen molar-refractivity contribution in [3.8, 4) is 0 Å². The lowest BCUT2D eigenvalue weighted by Gasteiger charge is -2.16. The van der Waals surface area contributed by atoms with E-state index in [4.69, 9.17) is 5.11 Å². The predicted molar refractivity (Wildman–Crippen MR) is 106 cm³/mol. The number of allylic oxidation sites excluding steroid dienone is 2. The molecule has 1 rings (SSSR count). The van der Waals surface area contributed by atoms with Gasteiger partial charge in [0.2, 0.25) is 0 Å². The third-order valence-corrected chi connectivity index (χ3v) is 5.19. The average Bonchev–Trinajstić information content (AvgIpc) is 2.89. The van der Waals surface area contributed by atoms with Gasteiger partial charge in [0, 0.05) is 18.3 Å². The Morgan fingerprint density at radius 2 is 2.04 bits per heavy atom. The van der Waals surface area contributed by atoms with Gasteiger partial charge in [-0.3, -0.25) is 9.59 Å². The van der Waals surface area contributed by atoms with Crippen molar-refractivity contribution < 1.29 is 24.9 Å². The Labute approximate surface area is 162 Å². The van der Waals surface area contributed by atoms with Crippen LogP contribution in [0.15, 0.2) is 37.0 Å². The van der Waals surface area contributed by atoms with E-state index >= 15 is 0 Å². The summed E-state index contributed by atoms with van der Waals surface area (Å²) in [5.74, 6) is -1.85. The van der Waals surface area contributed by atoms with Gasteiger partial charge in [-0.15, -0.1) is 6.58 Å². The number of rotatable bonds is 13. The van der Waals surface area contributed by atoms with Crippen molar-refractivity contribution in [2.45, 2.75) is 70.5 Å². The van der Waals surface area contributed by atoms with Crippen LogP contribution in [0.2, 0.25) is 0 Å². The van der Waals surface area contributed by atoms with E-state index in [1.165, 1.54) is 6.08 Å². The number of hydrogen-bond acceptors (Lipinski definition) is 4. The van der Waals surface area contributed by atoms with Crippen LogP contribution in [0.3, 0.4) is 0 Å². The van der Waals surface area contributed by atoms with Gasteiger partial charge in [-0.1, -0.05) is 50.1 Å². The van der Waals surface area contributed by atoms with E-state index < -0.39 is 18.0 Å². The minimum Gasteiger partial charge on any atom is -0.481 e. The van der Waals surface area contributed by atoms with E-state index in [9.17, 15) is 19.8 Å². The summed E-state index contributed by atoms with van der Waals surface area (Å²) in [5.41, 5.74) is 0. The molecule has 0 aliphatic heterocycles. The van der Waals surface area contributed by atoms with Gasteiger partial charge in [0.05, 0.1) is 18.1 Å². The molecule has 1 aliphatic rings. The number of Topliss-reactive ketones (excluding diaryl/α,β-unsaturated/α-hetero) is 1. The highest BCUT2D eigenvalue weighted by Gasteiger charge is 2.39. The highest BCUT2D eigenvalue weighted by atomic mass is 16.4. The summed E-state index contributed by atoms with van der Waals surface area (Å²) >= 11 is 0. The number of carboxylic acids is 1. The van der Waals surface area contributed by atoms with Crippen LogP contribution in [0.5, 0.6) is 0 Å². The van der Waals surface area contributed by atoms with E-state index in [-0.39, 0.29) is 30.1 Å². The molecular formula is C22H34O5. The molecule has 1 aliphatic carbocycles. The Balaban J connectivity index is 2.51. The maximum absolute atomic E-state index is 12.2. The summed E-state index contributed by atoms with van der Waals surface area (Å²) in [5, 5.41) is 29.0. The van der Waals surface area contributed by atoms with Crippen LogP contribution in [0.25, 0.3) is 0 Å². The highest BCUT2D eigenvalue weighted by molar-refractivity contribution is 5.84. The number of aliphatic carboxylic acids is 1. The van der Waals surface area contributed by atoms with Crippen molar-refractivity contribution in [1.82, 2.24) is 0 Å². The van der Waals surface area contributed by atoms with Gasteiger partial charge >= 0.3 is 5.97 Å². The molecule has 0 bridgehead atoms. The summed E-state index contributed by atoms with van der Waals surface area (Å²) in [6, 6.07) is 0. The molecule has 0 saturated heterocycles. The Hall–Kier alpha value is -1.72. The normalized spacial score (nSPS) is 25.3. The fraction of sp³-hybridized carbons (Fsp3) is 0.636. The summed E-state index contributed by atoms with van der Waals surface area (Å²) < 4.78 is 0. The van der Waals surface area contributed by atoms with E-state index in [2.05, 4.69) is 13.5 Å². The Morgan fingerprint density at radius 3 is 2.67 bits per heavy atom. The number of carbonyl (C=O) groups is 2. The van der Waals surface area contributed by atoms with Crippen molar-refractivity contribution in [1.29, 1.82) is 0 Å². The van der Waals surface area contributed by atoms with Gasteiger partial charge in [-0.05, 0) is 32.1 Å². The van der Waals surface area contributed by atoms with Gasteiger partial charge in [-0.25, -0.2) is 0 Å². The number of aliphatic hydroxyl groups is 2. The molecule has 3 unspecified atom stereocenters. The van der Waals surface area contributed by atoms with Crippen LogP contribution in [-0.2, 0) is 9.59 Å². The van der Waals surface area contributed by atoms with Crippen LogP contribution >= 0.6 is 0 Å². The standard InChI is InChI=1S/C22H34O5/c1-3-5-11-17(23)12-9-14-19-18(20(24)15-21(19)25)13-8-6-7-10-16(4-2)22(26)27/h4,6,8-9,14,16-19,21,23,25H,2-3,5,7,10-13,15H2,1H3,(H,26,27)/t16?,17?,18-,19-,21?/m1/s1. The van der Waals surface area contributed by atoms with Gasteiger partial charge < -0.3 is 15.3 Å². The molecule has 0 aromatic heterocycles. The molecule has 5 heteroatoms. The lowest BCUT2D eigenvalue weighted by Crippen LogP contribution is -2.18. The first-order chi connectivity index (χ1) is 12.9. The van der Waals surface area contributed by atoms with Crippen molar-refractivity contribution in [2.75, 3.05) is 0 Å². The molecule has 5 nitrogen and oxygen atoms in total. The molecule has 5 atom stereocenters. The maximum atomic E-state index is 12.2. The van der Waals surface area contributed by atoms with Crippen molar-refractivity contribution in [3.05, 3.63) is 37.0 Å². The zero-order valence-electron chi connectivity index (χ0n) is 16.3. The molecular weight excluding hydrogens is 344 g/mol. The van der Waals surface area contributed by atoms with Crippen LogP contribution < -0.4 is 0 Å². The van der Waals surface area contributed by atoms with E-state index in [0.29, 0.717) is 25.7 Å². The zero-order chi connectivity index (χ0) is 20.2. The molecule has 1 fully saturated rings. The van der Waals surface area contributed by atoms with Crippen LogP contribution in [0.1, 0.15) is 58.3 Å². The maximum Gasteiger partial charge on any atom is 0.310 e. The third kappa shape index (κ3) is 8.22.